The number of carbonyl (C=O) groups excluding carboxylic acids is 2. The van der Waals surface area contributed by atoms with Gasteiger partial charge in [0.25, 0.3) is 17.4 Å². The van der Waals surface area contributed by atoms with Gasteiger partial charge in [-0.15, -0.1) is 0 Å². The minimum Gasteiger partial charge on any atom is -0.493 e. The van der Waals surface area contributed by atoms with Crippen molar-refractivity contribution in [2.75, 3.05) is 6.61 Å². The highest BCUT2D eigenvalue weighted by Gasteiger charge is 2.20. The molecule has 9 heteroatoms. The van der Waals surface area contributed by atoms with Crippen molar-refractivity contribution in [2.45, 2.75) is 66.5 Å². The number of hydrogen-bond donors (Lipinski definition) is 3. The number of rotatable bonds is 8. The molecule has 3 heterocycles. The summed E-state index contributed by atoms with van der Waals surface area (Å²) in [5, 5.41) is 5.86. The molecule has 0 aliphatic rings. The van der Waals surface area contributed by atoms with Crippen molar-refractivity contribution in [3.63, 3.8) is 0 Å². The van der Waals surface area contributed by atoms with E-state index in [1.54, 1.807) is 41.9 Å². The number of benzene rings is 1. The first-order valence-corrected chi connectivity index (χ1v) is 13.5. The number of H-pyrrole nitrogens is 1. The molecule has 0 bridgehead atoms. The fraction of sp³-hybridized carbons (Fsp3) is 0.355. The Morgan fingerprint density at radius 3 is 2.38 bits per heavy atom. The number of fused-ring (bicyclic) bond motifs is 1. The Balaban J connectivity index is 1.70. The first kappa shape index (κ1) is 28.6. The minimum absolute atomic E-state index is 0.00117. The van der Waals surface area contributed by atoms with Crippen LogP contribution < -0.4 is 20.9 Å². The van der Waals surface area contributed by atoms with Gasteiger partial charge in [-0.05, 0) is 82.0 Å². The van der Waals surface area contributed by atoms with E-state index in [4.69, 9.17) is 4.74 Å². The second-order valence-electron chi connectivity index (χ2n) is 11.2. The second kappa shape index (κ2) is 11.4. The van der Waals surface area contributed by atoms with Crippen molar-refractivity contribution in [2.24, 2.45) is 0 Å². The molecule has 210 valence electrons. The smallest absolute Gasteiger partial charge is 0.268 e. The third-order valence-electron chi connectivity index (χ3n) is 6.38. The Morgan fingerprint density at radius 1 is 1.05 bits per heavy atom. The van der Waals surface area contributed by atoms with Crippen LogP contribution in [0.1, 0.15) is 85.3 Å². The molecule has 2 amide bonds. The number of nitrogens with one attached hydrogen (secondary N) is 3. The molecule has 0 saturated carbocycles. The summed E-state index contributed by atoms with van der Waals surface area (Å²) in [5.41, 5.74) is 4.67. The number of imidazole rings is 1. The van der Waals surface area contributed by atoms with Crippen LogP contribution in [0.25, 0.3) is 16.6 Å². The van der Waals surface area contributed by atoms with E-state index in [2.05, 4.69) is 34.4 Å². The molecule has 0 unspecified atom stereocenters. The fourth-order valence-electron chi connectivity index (χ4n) is 4.52. The van der Waals surface area contributed by atoms with E-state index >= 15 is 0 Å². The molecule has 3 aromatic heterocycles. The van der Waals surface area contributed by atoms with Gasteiger partial charge in [0.1, 0.15) is 17.8 Å². The van der Waals surface area contributed by atoms with E-state index in [1.165, 1.54) is 0 Å². The van der Waals surface area contributed by atoms with Crippen LogP contribution in [-0.2, 0) is 6.54 Å². The van der Waals surface area contributed by atoms with Crippen LogP contribution in [0.4, 0.5) is 0 Å². The van der Waals surface area contributed by atoms with Gasteiger partial charge >= 0.3 is 0 Å². The molecular formula is C31H37N5O4. The molecule has 1 aromatic carbocycles. The van der Waals surface area contributed by atoms with Crippen molar-refractivity contribution in [3.8, 4) is 16.9 Å². The number of hydrogen-bond acceptors (Lipinski definition) is 5. The van der Waals surface area contributed by atoms with Crippen LogP contribution in [0.3, 0.4) is 0 Å². The number of aryl methyl sites for hydroxylation is 1. The average Bonchev–Trinajstić information content (AvgIpc) is 3.31. The predicted octanol–water partition coefficient (Wildman–Crippen LogP) is 4.98. The van der Waals surface area contributed by atoms with Gasteiger partial charge < -0.3 is 20.4 Å². The monoisotopic (exact) mass is 543 g/mol. The van der Waals surface area contributed by atoms with Gasteiger partial charge in [0.2, 0.25) is 0 Å². The quantitative estimate of drug-likeness (QED) is 0.290. The molecule has 0 spiro atoms. The Bertz CT molecular complexity index is 1610. The highest BCUT2D eigenvalue weighted by Crippen LogP contribution is 2.28. The maximum absolute atomic E-state index is 13.6. The lowest BCUT2D eigenvalue weighted by molar-refractivity contribution is 0.0917. The third kappa shape index (κ3) is 6.25. The molecule has 40 heavy (non-hydrogen) atoms. The molecule has 0 fully saturated rings. The number of nitrogens with zero attached hydrogens (tertiary/aromatic N) is 2. The first-order valence-electron chi connectivity index (χ1n) is 13.5. The summed E-state index contributed by atoms with van der Waals surface area (Å²) >= 11 is 0. The lowest BCUT2D eigenvalue weighted by Crippen LogP contribution is -2.40. The lowest BCUT2D eigenvalue weighted by atomic mass is 10.0. The highest BCUT2D eigenvalue weighted by molar-refractivity contribution is 5.96. The number of aromatic nitrogens is 3. The topological polar surface area (TPSA) is 118 Å². The maximum atomic E-state index is 13.6. The molecule has 3 N–H and O–H groups in total. The summed E-state index contributed by atoms with van der Waals surface area (Å²) in [6.45, 7) is 13.9. The van der Waals surface area contributed by atoms with E-state index in [9.17, 15) is 14.4 Å². The summed E-state index contributed by atoms with van der Waals surface area (Å²) in [6.07, 6.45) is 1.65. The van der Waals surface area contributed by atoms with Crippen LogP contribution in [-0.4, -0.2) is 38.3 Å². The summed E-state index contributed by atoms with van der Waals surface area (Å²) < 4.78 is 7.42. The molecule has 4 aromatic rings. The molecule has 0 aliphatic carbocycles. The van der Waals surface area contributed by atoms with Crippen molar-refractivity contribution in [1.82, 2.24) is 25.0 Å². The summed E-state index contributed by atoms with van der Waals surface area (Å²) in [4.78, 5) is 46.1. The Morgan fingerprint density at radius 2 is 1.75 bits per heavy atom. The van der Waals surface area contributed by atoms with E-state index < -0.39 is 0 Å². The number of aromatic amines is 1. The number of ether oxygens (including phenoxy) is 1. The summed E-state index contributed by atoms with van der Waals surface area (Å²) in [7, 11) is 0. The molecule has 0 radical (unpaired) electrons. The standard InChI is InChI=1S/C31H37N5O4/c1-8-40-26-13-19(4)34-29(38)23(26)16-32-30(39)25-15-22(14-24-27(18(2)3)33-17-36(24)25)20-9-11-21(12-10-20)28(37)35-31(5,6)7/h9-15,17-18H,8,16H2,1-7H3,(H,32,39)(H,34,38)(H,35,37). The van der Waals surface area contributed by atoms with Gasteiger partial charge in [-0.3, -0.25) is 18.8 Å². The third-order valence-corrected chi connectivity index (χ3v) is 6.38. The highest BCUT2D eigenvalue weighted by atomic mass is 16.5. The molecule has 9 nitrogen and oxygen atoms in total. The molecule has 0 atom stereocenters. The first-order chi connectivity index (χ1) is 18.9. The van der Waals surface area contributed by atoms with Gasteiger partial charge in [0, 0.05) is 16.8 Å². The second-order valence-corrected chi connectivity index (χ2v) is 11.2. The SMILES string of the molecule is CCOc1cc(C)[nH]c(=O)c1CNC(=O)c1cc(-c2ccc(C(=O)NC(C)(C)C)cc2)cc2c(C(C)C)ncn12. The van der Waals surface area contributed by atoms with Gasteiger partial charge in [0.15, 0.2) is 0 Å². The zero-order valence-electron chi connectivity index (χ0n) is 24.1. The summed E-state index contributed by atoms with van der Waals surface area (Å²) in [5.74, 6) is 0.0795. The maximum Gasteiger partial charge on any atom is 0.268 e. The van der Waals surface area contributed by atoms with Crippen molar-refractivity contribution >= 4 is 17.3 Å². The average molecular weight is 544 g/mol. The van der Waals surface area contributed by atoms with E-state index in [1.807, 2.05) is 45.9 Å². The Kier molecular flexibility index (Phi) is 8.13. The predicted molar refractivity (Wildman–Crippen MR) is 156 cm³/mol. The van der Waals surface area contributed by atoms with Gasteiger partial charge in [-0.2, -0.15) is 0 Å². The van der Waals surface area contributed by atoms with Crippen LogP contribution in [0.5, 0.6) is 5.75 Å². The zero-order chi connectivity index (χ0) is 29.2. The number of pyridine rings is 2. The Labute approximate surface area is 234 Å². The van der Waals surface area contributed by atoms with E-state index in [0.29, 0.717) is 34.9 Å². The van der Waals surface area contributed by atoms with E-state index in [0.717, 1.165) is 22.3 Å². The number of amides is 2. The van der Waals surface area contributed by atoms with E-state index in [-0.39, 0.29) is 35.4 Å². The lowest BCUT2D eigenvalue weighted by Gasteiger charge is -2.20. The van der Waals surface area contributed by atoms with Gasteiger partial charge in [-0.1, -0.05) is 26.0 Å². The number of carbonyl (C=O) groups is 2. The van der Waals surface area contributed by atoms with Crippen LogP contribution in [0.2, 0.25) is 0 Å². The van der Waals surface area contributed by atoms with Crippen LogP contribution in [0.15, 0.2) is 53.6 Å². The fourth-order valence-corrected chi connectivity index (χ4v) is 4.52. The van der Waals surface area contributed by atoms with Gasteiger partial charge in [0.05, 0.1) is 29.9 Å². The van der Waals surface area contributed by atoms with Crippen molar-refractivity contribution in [1.29, 1.82) is 0 Å². The Hall–Kier alpha value is -4.40. The van der Waals surface area contributed by atoms with Crippen molar-refractivity contribution < 1.29 is 14.3 Å². The van der Waals surface area contributed by atoms with Crippen molar-refractivity contribution in [3.05, 3.63) is 87.4 Å². The molecule has 0 aliphatic heterocycles. The molecule has 4 rings (SSSR count). The van der Waals surface area contributed by atoms with Gasteiger partial charge in [-0.25, -0.2) is 4.98 Å². The molecule has 0 saturated heterocycles. The van der Waals surface area contributed by atoms with Crippen LogP contribution >= 0.6 is 0 Å². The van der Waals surface area contributed by atoms with Crippen LogP contribution in [0, 0.1) is 6.92 Å². The minimum atomic E-state index is -0.358. The summed E-state index contributed by atoms with van der Waals surface area (Å²) in [6, 6.07) is 12.8. The normalized spacial score (nSPS) is 11.6. The largest absolute Gasteiger partial charge is 0.493 e. The molecular weight excluding hydrogens is 506 g/mol. The zero-order valence-corrected chi connectivity index (χ0v) is 24.1.